The maximum absolute atomic E-state index is 13.7. The second-order valence-corrected chi connectivity index (χ2v) is 6.91. The van der Waals surface area contributed by atoms with Gasteiger partial charge in [-0.2, -0.15) is 0 Å². The molecule has 18 heavy (non-hydrogen) atoms. The summed E-state index contributed by atoms with van der Waals surface area (Å²) >= 11 is 0. The van der Waals surface area contributed by atoms with Gasteiger partial charge in [0.25, 0.3) is 0 Å². The number of nitrogens with two attached hydrogens (primary N) is 1. The average molecular weight is 272 g/mol. The fourth-order valence-corrected chi connectivity index (χ4v) is 3.42. The van der Waals surface area contributed by atoms with E-state index in [1.54, 1.807) is 12.1 Å². The maximum Gasteiger partial charge on any atom is 0.151 e. The molecule has 1 aromatic rings. The summed E-state index contributed by atoms with van der Waals surface area (Å²) in [4.78, 5) is 1.96. The van der Waals surface area contributed by atoms with E-state index in [-0.39, 0.29) is 17.2 Å². The van der Waals surface area contributed by atoms with Crippen molar-refractivity contribution < 1.29 is 12.8 Å². The van der Waals surface area contributed by atoms with Crippen LogP contribution in [0.4, 0.5) is 10.1 Å². The molecule has 0 bridgehead atoms. The van der Waals surface area contributed by atoms with Gasteiger partial charge in [-0.3, -0.25) is 4.90 Å². The fraction of sp³-hybridized carbons (Fsp3) is 0.500. The zero-order chi connectivity index (χ0) is 13.2. The van der Waals surface area contributed by atoms with Crippen LogP contribution >= 0.6 is 0 Å². The molecule has 1 saturated heterocycles. The molecule has 6 heteroatoms. The quantitative estimate of drug-likeness (QED) is 0.817. The van der Waals surface area contributed by atoms with Gasteiger partial charge in [-0.25, -0.2) is 12.8 Å². The second-order valence-electron chi connectivity index (χ2n) is 4.60. The van der Waals surface area contributed by atoms with Crippen LogP contribution in [0.2, 0.25) is 0 Å². The first-order valence-corrected chi connectivity index (χ1v) is 7.76. The van der Waals surface area contributed by atoms with Gasteiger partial charge in [0.15, 0.2) is 15.7 Å². The summed E-state index contributed by atoms with van der Waals surface area (Å²) in [5.74, 6) is -0.0237. The third-order valence-electron chi connectivity index (χ3n) is 3.15. The first kappa shape index (κ1) is 13.3. The zero-order valence-corrected chi connectivity index (χ0v) is 10.9. The van der Waals surface area contributed by atoms with Crippen molar-refractivity contribution in [1.82, 2.24) is 4.90 Å². The predicted molar refractivity (Wildman–Crippen MR) is 69.4 cm³/mol. The highest BCUT2D eigenvalue weighted by molar-refractivity contribution is 7.91. The molecule has 0 atom stereocenters. The van der Waals surface area contributed by atoms with Crippen LogP contribution in [-0.2, 0) is 16.4 Å². The first-order chi connectivity index (χ1) is 8.48. The van der Waals surface area contributed by atoms with E-state index in [9.17, 15) is 12.8 Å². The van der Waals surface area contributed by atoms with Crippen LogP contribution in [-0.4, -0.2) is 37.9 Å². The van der Waals surface area contributed by atoms with Crippen molar-refractivity contribution in [1.29, 1.82) is 0 Å². The van der Waals surface area contributed by atoms with Gasteiger partial charge in [-0.1, -0.05) is 12.1 Å². The summed E-state index contributed by atoms with van der Waals surface area (Å²) in [5.41, 5.74) is 6.17. The minimum absolute atomic E-state index is 0.134. The van der Waals surface area contributed by atoms with E-state index in [2.05, 4.69) is 0 Å². The van der Waals surface area contributed by atoms with Crippen LogP contribution in [0.3, 0.4) is 0 Å². The van der Waals surface area contributed by atoms with E-state index in [4.69, 9.17) is 5.73 Å². The number of anilines is 1. The Kier molecular flexibility index (Phi) is 3.87. The zero-order valence-electron chi connectivity index (χ0n) is 10.1. The molecule has 1 heterocycles. The Balaban J connectivity index is 2.08. The number of nitrogen functional groups attached to an aromatic ring is 1. The molecule has 4 nitrogen and oxygen atoms in total. The molecule has 1 fully saturated rings. The third-order valence-corrected chi connectivity index (χ3v) is 4.87. The van der Waals surface area contributed by atoms with Crippen LogP contribution in [0.15, 0.2) is 18.2 Å². The van der Waals surface area contributed by atoms with Crippen molar-refractivity contribution in [2.75, 3.05) is 30.3 Å². The van der Waals surface area contributed by atoms with Crippen molar-refractivity contribution in [2.24, 2.45) is 0 Å². The van der Waals surface area contributed by atoms with Crippen molar-refractivity contribution in [2.45, 2.75) is 13.0 Å². The van der Waals surface area contributed by atoms with E-state index in [1.165, 1.54) is 6.07 Å². The number of halogens is 1. The van der Waals surface area contributed by atoms with Gasteiger partial charge < -0.3 is 5.73 Å². The van der Waals surface area contributed by atoms with Crippen molar-refractivity contribution in [3.05, 3.63) is 29.6 Å². The van der Waals surface area contributed by atoms with Gasteiger partial charge >= 0.3 is 0 Å². The van der Waals surface area contributed by atoms with Crippen LogP contribution in [0.25, 0.3) is 0 Å². The fourth-order valence-electron chi connectivity index (χ4n) is 2.11. The second kappa shape index (κ2) is 5.24. The van der Waals surface area contributed by atoms with E-state index in [1.807, 2.05) is 4.90 Å². The monoisotopic (exact) mass is 272 g/mol. The molecule has 0 saturated carbocycles. The van der Waals surface area contributed by atoms with Gasteiger partial charge in [-0.05, 0) is 19.0 Å². The Morgan fingerprint density at radius 3 is 2.83 bits per heavy atom. The Hall–Kier alpha value is -1.14. The molecule has 0 unspecified atom stereocenters. The SMILES string of the molecule is Nc1cccc(CN2CCCS(=O)(=O)CC2)c1F. The Labute approximate surface area is 107 Å². The van der Waals surface area contributed by atoms with Crippen LogP contribution < -0.4 is 5.73 Å². The summed E-state index contributed by atoms with van der Waals surface area (Å²) in [5, 5.41) is 0. The van der Waals surface area contributed by atoms with Gasteiger partial charge in [0, 0.05) is 18.7 Å². The standard InChI is InChI=1S/C12H17FN2O2S/c13-12-10(3-1-4-11(12)14)9-15-5-2-7-18(16,17)8-6-15/h1,3-4H,2,5-9,14H2. The van der Waals surface area contributed by atoms with Crippen LogP contribution in [0, 0.1) is 5.82 Å². The highest BCUT2D eigenvalue weighted by Crippen LogP contribution is 2.17. The molecule has 0 radical (unpaired) electrons. The number of hydrogen-bond acceptors (Lipinski definition) is 4. The minimum atomic E-state index is -2.92. The van der Waals surface area contributed by atoms with Crippen LogP contribution in [0.5, 0.6) is 0 Å². The van der Waals surface area contributed by atoms with Gasteiger partial charge in [-0.15, -0.1) is 0 Å². The van der Waals surface area contributed by atoms with Gasteiger partial charge in [0.05, 0.1) is 17.2 Å². The number of hydrogen-bond donors (Lipinski definition) is 1. The third kappa shape index (κ3) is 3.20. The molecule has 1 aromatic carbocycles. The lowest BCUT2D eigenvalue weighted by Crippen LogP contribution is -2.27. The predicted octanol–water partition coefficient (Wildman–Crippen LogP) is 1.03. The topological polar surface area (TPSA) is 63.4 Å². The molecule has 2 N–H and O–H groups in total. The highest BCUT2D eigenvalue weighted by Gasteiger charge is 2.20. The lowest BCUT2D eigenvalue weighted by Gasteiger charge is -2.19. The Morgan fingerprint density at radius 2 is 2.06 bits per heavy atom. The van der Waals surface area contributed by atoms with E-state index in [0.717, 1.165) is 0 Å². The van der Waals surface area contributed by atoms with E-state index >= 15 is 0 Å². The largest absolute Gasteiger partial charge is 0.396 e. The van der Waals surface area contributed by atoms with Crippen molar-refractivity contribution >= 4 is 15.5 Å². The van der Waals surface area contributed by atoms with Crippen molar-refractivity contribution in [3.8, 4) is 0 Å². The molecule has 2 rings (SSSR count). The molecule has 1 aliphatic rings. The summed E-state index contributed by atoms with van der Waals surface area (Å²) in [6.07, 6.45) is 0.603. The molecule has 0 aliphatic carbocycles. The summed E-state index contributed by atoms with van der Waals surface area (Å²) in [6.45, 7) is 1.54. The minimum Gasteiger partial charge on any atom is -0.396 e. The Bertz CT molecular complexity index is 531. The maximum atomic E-state index is 13.7. The van der Waals surface area contributed by atoms with Crippen molar-refractivity contribution in [3.63, 3.8) is 0 Å². The summed E-state index contributed by atoms with van der Waals surface area (Å²) in [6, 6.07) is 4.92. The molecule has 0 spiro atoms. The highest BCUT2D eigenvalue weighted by atomic mass is 32.2. The lowest BCUT2D eigenvalue weighted by atomic mass is 10.1. The van der Waals surface area contributed by atoms with Crippen LogP contribution in [0.1, 0.15) is 12.0 Å². The molecule has 0 amide bonds. The smallest absolute Gasteiger partial charge is 0.151 e. The normalized spacial score (nSPS) is 20.5. The average Bonchev–Trinajstić information content (AvgIpc) is 2.47. The number of rotatable bonds is 2. The number of benzene rings is 1. The van der Waals surface area contributed by atoms with Gasteiger partial charge in [0.2, 0.25) is 0 Å². The van der Waals surface area contributed by atoms with E-state index < -0.39 is 15.7 Å². The Morgan fingerprint density at radius 1 is 1.28 bits per heavy atom. The molecule has 1 aliphatic heterocycles. The summed E-state index contributed by atoms with van der Waals surface area (Å²) < 4.78 is 36.7. The molecule has 0 aromatic heterocycles. The van der Waals surface area contributed by atoms with E-state index in [0.29, 0.717) is 31.6 Å². The molecular formula is C12H17FN2O2S. The lowest BCUT2D eigenvalue weighted by molar-refractivity contribution is 0.283. The first-order valence-electron chi connectivity index (χ1n) is 5.93. The number of nitrogens with zero attached hydrogens (tertiary/aromatic N) is 1. The molecule has 100 valence electrons. The number of sulfone groups is 1. The molecular weight excluding hydrogens is 255 g/mol. The van der Waals surface area contributed by atoms with Gasteiger partial charge in [0.1, 0.15) is 0 Å². The summed E-state index contributed by atoms with van der Waals surface area (Å²) in [7, 11) is -2.92.